The number of hydrogen-bond acceptors (Lipinski definition) is 2. The van der Waals surface area contributed by atoms with Crippen LogP contribution in [0.5, 0.6) is 0 Å². The van der Waals surface area contributed by atoms with Crippen molar-refractivity contribution in [3.63, 3.8) is 0 Å². The fraction of sp³-hybridized carbons (Fsp3) is 0.364. The molecule has 0 saturated heterocycles. The van der Waals surface area contributed by atoms with Gasteiger partial charge in [0.2, 0.25) is 0 Å². The average molecular weight is 284 g/mol. The van der Waals surface area contributed by atoms with Crippen LogP contribution in [-0.4, -0.2) is 25.0 Å². The van der Waals surface area contributed by atoms with Crippen molar-refractivity contribution in [3.05, 3.63) is 34.6 Å². The summed E-state index contributed by atoms with van der Waals surface area (Å²) in [6, 6.07) is 3.97. The molecule has 0 spiro atoms. The number of ketones is 1. The zero-order valence-corrected chi connectivity index (χ0v) is 9.91. The van der Waals surface area contributed by atoms with Crippen LogP contribution in [0.2, 0.25) is 5.02 Å². The lowest BCUT2D eigenvalue weighted by atomic mass is 10.1. The number of rotatable bonds is 5. The van der Waals surface area contributed by atoms with Gasteiger partial charge < -0.3 is 5.32 Å². The molecular weight excluding hydrogens is 274 g/mol. The predicted molar refractivity (Wildman–Crippen MR) is 59.0 cm³/mol. The summed E-state index contributed by atoms with van der Waals surface area (Å²) in [5.74, 6) is -1.16. The Bertz CT molecular complexity index is 434. The molecule has 0 radical (unpaired) electrons. The van der Waals surface area contributed by atoms with E-state index in [9.17, 15) is 22.4 Å². The molecule has 0 aromatic heterocycles. The first-order valence-corrected chi connectivity index (χ1v) is 5.39. The van der Waals surface area contributed by atoms with Crippen molar-refractivity contribution in [2.75, 3.05) is 13.1 Å². The molecular formula is C11H10ClF4NO. The van der Waals surface area contributed by atoms with Crippen molar-refractivity contribution in [1.29, 1.82) is 0 Å². The van der Waals surface area contributed by atoms with E-state index in [1.165, 1.54) is 12.1 Å². The maximum absolute atomic E-state index is 13.0. The van der Waals surface area contributed by atoms with Crippen molar-refractivity contribution < 1.29 is 22.4 Å². The third-order valence-electron chi connectivity index (χ3n) is 2.07. The van der Waals surface area contributed by atoms with Gasteiger partial charge in [0.1, 0.15) is 5.82 Å². The minimum Gasteiger partial charge on any atom is -0.302 e. The highest BCUT2D eigenvalue weighted by Gasteiger charge is 2.26. The molecule has 0 fully saturated rings. The summed E-state index contributed by atoms with van der Waals surface area (Å²) in [4.78, 5) is 11.4. The van der Waals surface area contributed by atoms with Crippen LogP contribution in [0.1, 0.15) is 5.56 Å². The Labute approximate surface area is 106 Å². The van der Waals surface area contributed by atoms with Crippen LogP contribution in [0, 0.1) is 5.82 Å². The van der Waals surface area contributed by atoms with E-state index in [0.29, 0.717) is 0 Å². The fourth-order valence-corrected chi connectivity index (χ4v) is 1.50. The Morgan fingerprint density at radius 3 is 2.61 bits per heavy atom. The molecule has 1 rings (SSSR count). The van der Waals surface area contributed by atoms with E-state index in [-0.39, 0.29) is 17.0 Å². The van der Waals surface area contributed by atoms with Gasteiger partial charge in [-0.2, -0.15) is 13.2 Å². The SMILES string of the molecule is O=C(CNCC(F)(F)F)Cc1cccc(F)c1Cl. The van der Waals surface area contributed by atoms with Gasteiger partial charge in [-0.05, 0) is 11.6 Å². The van der Waals surface area contributed by atoms with Gasteiger partial charge in [0, 0.05) is 6.42 Å². The number of nitrogens with one attached hydrogen (secondary N) is 1. The highest BCUT2D eigenvalue weighted by atomic mass is 35.5. The maximum Gasteiger partial charge on any atom is 0.401 e. The molecule has 0 aliphatic carbocycles. The molecule has 0 unspecified atom stereocenters. The van der Waals surface area contributed by atoms with Crippen LogP contribution in [0.3, 0.4) is 0 Å². The zero-order valence-electron chi connectivity index (χ0n) is 9.15. The van der Waals surface area contributed by atoms with Crippen molar-refractivity contribution in [3.8, 4) is 0 Å². The smallest absolute Gasteiger partial charge is 0.302 e. The van der Waals surface area contributed by atoms with Crippen LogP contribution in [0.15, 0.2) is 18.2 Å². The molecule has 0 amide bonds. The molecule has 1 N–H and O–H groups in total. The first-order valence-electron chi connectivity index (χ1n) is 5.01. The average Bonchev–Trinajstić information content (AvgIpc) is 2.23. The second kappa shape index (κ2) is 6.15. The Hall–Kier alpha value is -1.14. The summed E-state index contributed by atoms with van der Waals surface area (Å²) in [7, 11) is 0. The van der Waals surface area contributed by atoms with E-state index in [2.05, 4.69) is 0 Å². The van der Waals surface area contributed by atoms with Gasteiger partial charge in [0.15, 0.2) is 5.78 Å². The van der Waals surface area contributed by atoms with E-state index in [1.807, 2.05) is 5.32 Å². The van der Waals surface area contributed by atoms with Crippen LogP contribution in [0.25, 0.3) is 0 Å². The van der Waals surface area contributed by atoms with Gasteiger partial charge in [0.25, 0.3) is 0 Å². The molecule has 0 aliphatic rings. The van der Waals surface area contributed by atoms with Crippen LogP contribution in [-0.2, 0) is 11.2 Å². The first kappa shape index (κ1) is 14.9. The lowest BCUT2D eigenvalue weighted by Gasteiger charge is -2.08. The molecule has 0 saturated carbocycles. The Morgan fingerprint density at radius 2 is 2.00 bits per heavy atom. The largest absolute Gasteiger partial charge is 0.401 e. The number of carbonyl (C=O) groups excluding carboxylic acids is 1. The third kappa shape index (κ3) is 5.01. The van der Waals surface area contributed by atoms with Gasteiger partial charge in [-0.15, -0.1) is 0 Å². The summed E-state index contributed by atoms with van der Waals surface area (Å²) in [6.07, 6.45) is -4.57. The number of carbonyl (C=O) groups is 1. The van der Waals surface area contributed by atoms with Gasteiger partial charge >= 0.3 is 6.18 Å². The maximum atomic E-state index is 13.0. The van der Waals surface area contributed by atoms with Crippen molar-refractivity contribution >= 4 is 17.4 Å². The van der Waals surface area contributed by atoms with Crippen LogP contribution < -0.4 is 5.32 Å². The number of halogens is 5. The lowest BCUT2D eigenvalue weighted by molar-refractivity contribution is -0.127. The molecule has 0 atom stereocenters. The van der Waals surface area contributed by atoms with E-state index < -0.39 is 30.9 Å². The quantitative estimate of drug-likeness (QED) is 0.842. The van der Waals surface area contributed by atoms with E-state index >= 15 is 0 Å². The Morgan fingerprint density at radius 1 is 1.33 bits per heavy atom. The molecule has 7 heteroatoms. The molecule has 100 valence electrons. The number of benzene rings is 1. The Kier molecular flexibility index (Phi) is 5.10. The lowest BCUT2D eigenvalue weighted by Crippen LogP contribution is -2.33. The molecule has 0 aliphatic heterocycles. The van der Waals surface area contributed by atoms with Crippen LogP contribution in [0.4, 0.5) is 17.6 Å². The molecule has 1 aromatic carbocycles. The van der Waals surface area contributed by atoms with Crippen LogP contribution >= 0.6 is 11.6 Å². The van der Waals surface area contributed by atoms with Gasteiger partial charge in [0.05, 0.1) is 18.1 Å². The second-order valence-corrected chi connectivity index (χ2v) is 4.03. The van der Waals surface area contributed by atoms with Gasteiger partial charge in [-0.25, -0.2) is 4.39 Å². The highest BCUT2D eigenvalue weighted by molar-refractivity contribution is 6.31. The van der Waals surface area contributed by atoms with E-state index in [0.717, 1.165) is 6.07 Å². The van der Waals surface area contributed by atoms with Gasteiger partial charge in [-0.3, -0.25) is 4.79 Å². The topological polar surface area (TPSA) is 29.1 Å². The molecule has 2 nitrogen and oxygen atoms in total. The van der Waals surface area contributed by atoms with Crippen molar-refractivity contribution in [1.82, 2.24) is 5.32 Å². The van der Waals surface area contributed by atoms with Crippen molar-refractivity contribution in [2.45, 2.75) is 12.6 Å². The third-order valence-corrected chi connectivity index (χ3v) is 2.49. The van der Waals surface area contributed by atoms with Crippen molar-refractivity contribution in [2.24, 2.45) is 0 Å². The number of alkyl halides is 3. The first-order chi connectivity index (χ1) is 8.29. The molecule has 1 aromatic rings. The normalized spacial score (nSPS) is 11.6. The summed E-state index contributed by atoms with van der Waals surface area (Å²) >= 11 is 5.62. The highest BCUT2D eigenvalue weighted by Crippen LogP contribution is 2.20. The molecule has 0 bridgehead atoms. The predicted octanol–water partition coefficient (Wildman–Crippen LogP) is 2.74. The minimum atomic E-state index is -4.36. The van der Waals surface area contributed by atoms with Gasteiger partial charge in [-0.1, -0.05) is 23.7 Å². The molecule has 18 heavy (non-hydrogen) atoms. The number of Topliss-reactive ketones (excluding diaryl/α,β-unsaturated/α-hetero) is 1. The standard InChI is InChI=1S/C11H10ClF4NO/c12-10-7(2-1-3-9(10)13)4-8(18)5-17-6-11(14,15)16/h1-3,17H,4-6H2. The minimum absolute atomic E-state index is 0.179. The summed E-state index contributed by atoms with van der Waals surface area (Å²) < 4.78 is 48.4. The number of hydrogen-bond donors (Lipinski definition) is 1. The van der Waals surface area contributed by atoms with E-state index in [1.54, 1.807) is 0 Å². The Balaban J connectivity index is 2.48. The molecule has 0 heterocycles. The summed E-state index contributed by atoms with van der Waals surface area (Å²) in [5.41, 5.74) is 0.260. The van der Waals surface area contributed by atoms with E-state index in [4.69, 9.17) is 11.6 Å². The summed E-state index contributed by atoms with van der Waals surface area (Å²) in [5, 5.41) is 1.79. The zero-order chi connectivity index (χ0) is 13.8. The monoisotopic (exact) mass is 283 g/mol. The second-order valence-electron chi connectivity index (χ2n) is 3.65. The summed E-state index contributed by atoms with van der Waals surface area (Å²) in [6.45, 7) is -1.68. The fourth-order valence-electron chi connectivity index (χ4n) is 1.30.